The van der Waals surface area contributed by atoms with E-state index in [1.165, 1.54) is 64.2 Å². The van der Waals surface area contributed by atoms with Crippen LogP contribution in [0.1, 0.15) is 85.0 Å². The minimum Gasteiger partial charge on any atom is -0.298 e. The van der Waals surface area contributed by atoms with Crippen molar-refractivity contribution in [3.63, 3.8) is 0 Å². The summed E-state index contributed by atoms with van der Waals surface area (Å²) < 4.78 is 0. The zero-order chi connectivity index (χ0) is 14.6. The molecule has 1 nitrogen and oxygen atoms in total. The van der Waals surface area contributed by atoms with Gasteiger partial charge in [0.25, 0.3) is 0 Å². The summed E-state index contributed by atoms with van der Waals surface area (Å²) in [5.41, 5.74) is 0.315. The van der Waals surface area contributed by atoms with Crippen LogP contribution in [0.15, 0.2) is 12.7 Å². The molecular weight excluding hydrogens is 230 g/mol. The lowest BCUT2D eigenvalue weighted by Gasteiger charge is -2.35. The molecule has 0 saturated carbocycles. The van der Waals surface area contributed by atoms with Gasteiger partial charge >= 0.3 is 0 Å². The first-order valence-electron chi connectivity index (χ1n) is 8.36. The smallest absolute Gasteiger partial charge is 0.0162 e. The molecule has 0 radical (unpaired) electrons. The highest BCUT2D eigenvalue weighted by atomic mass is 15.2. The average molecular weight is 268 g/mol. The van der Waals surface area contributed by atoms with E-state index in [0.29, 0.717) is 5.54 Å². The van der Waals surface area contributed by atoms with Crippen LogP contribution >= 0.6 is 0 Å². The number of likely N-dealkylation sites (N-methyl/N-ethyl adjacent to an activating group) is 1. The number of hydrogen-bond donors (Lipinski definition) is 0. The minimum absolute atomic E-state index is 0.315. The Kier molecular flexibility index (Phi) is 11.3. The van der Waals surface area contributed by atoms with Crippen molar-refractivity contribution in [1.29, 1.82) is 0 Å². The molecule has 0 atom stereocenters. The fraction of sp³-hybridized carbons (Fsp3) is 0.889. The van der Waals surface area contributed by atoms with Crippen molar-refractivity contribution in [2.75, 3.05) is 13.6 Å². The van der Waals surface area contributed by atoms with Crippen LogP contribution in [0.4, 0.5) is 0 Å². The zero-order valence-corrected chi connectivity index (χ0v) is 14.0. The van der Waals surface area contributed by atoms with Crippen LogP contribution in [0.2, 0.25) is 0 Å². The Morgan fingerprint density at radius 3 is 1.84 bits per heavy atom. The van der Waals surface area contributed by atoms with Gasteiger partial charge in [-0.3, -0.25) is 4.90 Å². The molecule has 0 spiro atoms. The molecule has 0 aromatic heterocycles. The molecule has 1 heteroatoms. The monoisotopic (exact) mass is 267 g/mol. The van der Waals surface area contributed by atoms with E-state index in [1.54, 1.807) is 0 Å². The molecule has 0 aliphatic carbocycles. The van der Waals surface area contributed by atoms with Crippen molar-refractivity contribution in [1.82, 2.24) is 4.90 Å². The van der Waals surface area contributed by atoms with Crippen LogP contribution in [-0.2, 0) is 0 Å². The van der Waals surface area contributed by atoms with Crippen molar-refractivity contribution < 1.29 is 0 Å². The van der Waals surface area contributed by atoms with Crippen molar-refractivity contribution >= 4 is 0 Å². The van der Waals surface area contributed by atoms with Gasteiger partial charge in [-0.05, 0) is 27.3 Å². The van der Waals surface area contributed by atoms with Crippen LogP contribution in [0.5, 0.6) is 0 Å². The van der Waals surface area contributed by atoms with Crippen LogP contribution in [0.3, 0.4) is 0 Å². The normalized spacial score (nSPS) is 12.1. The molecule has 0 aromatic carbocycles. The highest BCUT2D eigenvalue weighted by Crippen LogP contribution is 2.21. The first-order chi connectivity index (χ1) is 9.04. The topological polar surface area (TPSA) is 3.24 Å². The summed E-state index contributed by atoms with van der Waals surface area (Å²) in [6, 6.07) is 0. The predicted octanol–water partition coefficient (Wildman–Crippen LogP) is 5.80. The molecule has 0 aromatic rings. The molecular formula is C18H37N. The Labute approximate surface area is 122 Å². The molecule has 0 saturated heterocycles. The largest absolute Gasteiger partial charge is 0.298 e. The fourth-order valence-electron chi connectivity index (χ4n) is 2.50. The molecule has 0 aliphatic rings. The molecule has 0 N–H and O–H groups in total. The van der Waals surface area contributed by atoms with E-state index < -0.39 is 0 Å². The van der Waals surface area contributed by atoms with E-state index in [9.17, 15) is 0 Å². The quantitative estimate of drug-likeness (QED) is 0.301. The van der Waals surface area contributed by atoms with E-state index in [4.69, 9.17) is 0 Å². The van der Waals surface area contributed by atoms with Gasteiger partial charge in [-0.2, -0.15) is 0 Å². The fourth-order valence-corrected chi connectivity index (χ4v) is 2.50. The predicted molar refractivity (Wildman–Crippen MR) is 88.8 cm³/mol. The highest BCUT2D eigenvalue weighted by Gasteiger charge is 2.21. The molecule has 0 amide bonds. The van der Waals surface area contributed by atoms with Gasteiger partial charge in [-0.15, -0.1) is 6.58 Å². The molecule has 0 aliphatic heterocycles. The number of unbranched alkanes of at least 4 members (excludes halogenated alkanes) is 8. The van der Waals surface area contributed by atoms with Crippen molar-refractivity contribution in [2.45, 2.75) is 90.5 Å². The highest BCUT2D eigenvalue weighted by molar-refractivity contribution is 4.83. The maximum absolute atomic E-state index is 3.82. The molecule has 0 unspecified atom stereocenters. The zero-order valence-electron chi connectivity index (χ0n) is 14.0. The summed E-state index contributed by atoms with van der Waals surface area (Å²) in [4.78, 5) is 2.41. The molecule has 0 bridgehead atoms. The lowest BCUT2D eigenvalue weighted by molar-refractivity contribution is 0.158. The van der Waals surface area contributed by atoms with Crippen molar-refractivity contribution in [2.24, 2.45) is 0 Å². The van der Waals surface area contributed by atoms with Gasteiger partial charge in [0.2, 0.25) is 0 Å². The maximum Gasteiger partial charge on any atom is 0.0162 e. The lowest BCUT2D eigenvalue weighted by atomic mass is 9.94. The summed E-state index contributed by atoms with van der Waals surface area (Å²) in [7, 11) is 2.20. The molecule has 0 rings (SSSR count). The Balaban J connectivity index is 3.45. The first-order valence-corrected chi connectivity index (χ1v) is 8.36. The van der Waals surface area contributed by atoms with Crippen molar-refractivity contribution in [3.05, 3.63) is 12.7 Å². The second kappa shape index (κ2) is 11.5. The third-order valence-electron chi connectivity index (χ3n) is 4.33. The lowest BCUT2D eigenvalue weighted by Crippen LogP contribution is -2.40. The summed E-state index contributed by atoms with van der Waals surface area (Å²) in [6.07, 6.45) is 16.0. The van der Waals surface area contributed by atoms with Crippen molar-refractivity contribution in [3.8, 4) is 0 Å². The summed E-state index contributed by atoms with van der Waals surface area (Å²) in [5.74, 6) is 0. The Morgan fingerprint density at radius 2 is 1.37 bits per heavy atom. The second-order valence-electron chi connectivity index (χ2n) is 6.56. The molecule has 19 heavy (non-hydrogen) atoms. The summed E-state index contributed by atoms with van der Waals surface area (Å²) >= 11 is 0. The first kappa shape index (κ1) is 18.7. The van der Waals surface area contributed by atoms with E-state index >= 15 is 0 Å². The Bertz CT molecular complexity index is 208. The van der Waals surface area contributed by atoms with Crippen LogP contribution in [0.25, 0.3) is 0 Å². The van der Waals surface area contributed by atoms with E-state index in [-0.39, 0.29) is 0 Å². The number of rotatable bonds is 13. The van der Waals surface area contributed by atoms with Crippen LogP contribution in [0, 0.1) is 0 Å². The minimum atomic E-state index is 0.315. The van der Waals surface area contributed by atoms with E-state index in [2.05, 4.69) is 39.3 Å². The van der Waals surface area contributed by atoms with Gasteiger partial charge in [-0.25, -0.2) is 0 Å². The third-order valence-corrected chi connectivity index (χ3v) is 4.33. The summed E-state index contributed by atoms with van der Waals surface area (Å²) in [6.45, 7) is 11.8. The number of hydrogen-bond acceptors (Lipinski definition) is 1. The standard InChI is InChI=1S/C18H37N/c1-6-8-9-10-11-12-13-14-15-16-18(3,4)19(5)17-7-2/h7H,2,6,8-17H2,1,3-5H3. The molecule has 0 fully saturated rings. The third kappa shape index (κ3) is 10.2. The summed E-state index contributed by atoms with van der Waals surface area (Å²) in [5, 5.41) is 0. The van der Waals surface area contributed by atoms with Gasteiger partial charge in [0.15, 0.2) is 0 Å². The number of nitrogens with zero attached hydrogens (tertiary/aromatic N) is 1. The van der Waals surface area contributed by atoms with Gasteiger partial charge in [0.1, 0.15) is 0 Å². The second-order valence-corrected chi connectivity index (χ2v) is 6.56. The van der Waals surface area contributed by atoms with Gasteiger partial charge in [-0.1, -0.05) is 70.8 Å². The van der Waals surface area contributed by atoms with Gasteiger partial charge in [0.05, 0.1) is 0 Å². The van der Waals surface area contributed by atoms with Crippen LogP contribution in [-0.4, -0.2) is 24.0 Å². The van der Waals surface area contributed by atoms with Crippen LogP contribution < -0.4 is 0 Å². The Hall–Kier alpha value is -0.300. The van der Waals surface area contributed by atoms with E-state index in [0.717, 1.165) is 6.54 Å². The average Bonchev–Trinajstić information content (AvgIpc) is 2.37. The SMILES string of the molecule is C=CCN(C)C(C)(C)CCCCCCCCCCC. The Morgan fingerprint density at radius 1 is 0.895 bits per heavy atom. The molecule has 114 valence electrons. The molecule has 0 heterocycles. The van der Waals surface area contributed by atoms with Gasteiger partial charge < -0.3 is 0 Å². The van der Waals surface area contributed by atoms with Gasteiger partial charge in [0, 0.05) is 12.1 Å². The maximum atomic E-state index is 3.82. The van der Waals surface area contributed by atoms with E-state index in [1.807, 2.05) is 6.08 Å².